The molecule has 2 aromatic rings. The molecule has 0 aromatic heterocycles. The molecule has 1 nitrogen and oxygen atoms in total. The normalized spacial score (nSPS) is 12.4. The van der Waals surface area contributed by atoms with Crippen LogP contribution in [0.5, 0.6) is 0 Å². The van der Waals surface area contributed by atoms with Crippen LogP contribution < -0.4 is 5.73 Å². The van der Waals surface area contributed by atoms with Gasteiger partial charge in [-0.15, -0.1) is 0 Å². The summed E-state index contributed by atoms with van der Waals surface area (Å²) in [6.07, 6.45) is 0.993. The van der Waals surface area contributed by atoms with E-state index in [0.29, 0.717) is 12.5 Å². The van der Waals surface area contributed by atoms with Crippen molar-refractivity contribution in [1.82, 2.24) is 0 Å². The maximum atomic E-state index is 5.92. The van der Waals surface area contributed by atoms with E-state index in [1.54, 1.807) is 0 Å². The highest BCUT2D eigenvalue weighted by atomic mass is 79.9. The second kappa shape index (κ2) is 6.17. The first-order valence-electron chi connectivity index (χ1n) is 6.20. The van der Waals surface area contributed by atoms with Crippen molar-refractivity contribution < 1.29 is 0 Å². The van der Waals surface area contributed by atoms with Crippen LogP contribution in [-0.2, 0) is 6.42 Å². The molecule has 0 heterocycles. The van der Waals surface area contributed by atoms with Gasteiger partial charge in [0.25, 0.3) is 0 Å². The predicted octanol–water partition coefficient (Wildman–Crippen LogP) is 4.04. The van der Waals surface area contributed by atoms with E-state index in [1.807, 2.05) is 0 Å². The lowest BCUT2D eigenvalue weighted by molar-refractivity contribution is 0.694. The minimum atomic E-state index is 0.395. The quantitative estimate of drug-likeness (QED) is 0.906. The first-order valence-corrected chi connectivity index (χ1v) is 6.99. The third-order valence-corrected chi connectivity index (χ3v) is 3.72. The van der Waals surface area contributed by atoms with E-state index >= 15 is 0 Å². The van der Waals surface area contributed by atoms with Crippen LogP contribution in [0.4, 0.5) is 0 Å². The number of hydrogen-bond acceptors (Lipinski definition) is 1. The van der Waals surface area contributed by atoms with Gasteiger partial charge in [-0.05, 0) is 43.1 Å². The summed E-state index contributed by atoms with van der Waals surface area (Å²) in [6, 6.07) is 17.1. The Morgan fingerprint density at radius 2 is 1.83 bits per heavy atom. The van der Waals surface area contributed by atoms with Crippen LogP contribution in [0, 0.1) is 6.92 Å². The highest BCUT2D eigenvalue weighted by molar-refractivity contribution is 9.10. The van der Waals surface area contributed by atoms with Crippen molar-refractivity contribution >= 4 is 15.9 Å². The van der Waals surface area contributed by atoms with Gasteiger partial charge in [0.05, 0.1) is 0 Å². The molecule has 2 rings (SSSR count). The van der Waals surface area contributed by atoms with E-state index in [4.69, 9.17) is 5.73 Å². The number of benzene rings is 2. The van der Waals surface area contributed by atoms with Crippen molar-refractivity contribution in [2.45, 2.75) is 19.3 Å². The van der Waals surface area contributed by atoms with Crippen LogP contribution in [0.2, 0.25) is 0 Å². The fraction of sp³-hybridized carbons (Fsp3) is 0.250. The van der Waals surface area contributed by atoms with Gasteiger partial charge < -0.3 is 5.73 Å². The van der Waals surface area contributed by atoms with Crippen LogP contribution in [0.25, 0.3) is 0 Å². The topological polar surface area (TPSA) is 26.0 Å². The molecule has 0 radical (unpaired) electrons. The third-order valence-electron chi connectivity index (χ3n) is 3.19. The van der Waals surface area contributed by atoms with Crippen molar-refractivity contribution in [2.24, 2.45) is 5.73 Å². The average Bonchev–Trinajstić information content (AvgIpc) is 2.38. The molecule has 0 saturated carbocycles. The number of rotatable bonds is 4. The van der Waals surface area contributed by atoms with Crippen molar-refractivity contribution in [3.63, 3.8) is 0 Å². The molecule has 1 unspecified atom stereocenters. The molecule has 0 fully saturated rings. The monoisotopic (exact) mass is 303 g/mol. The maximum absolute atomic E-state index is 5.92. The molecule has 94 valence electrons. The molecule has 0 aliphatic rings. The van der Waals surface area contributed by atoms with Gasteiger partial charge in [0.2, 0.25) is 0 Å². The zero-order valence-corrected chi connectivity index (χ0v) is 12.2. The van der Waals surface area contributed by atoms with E-state index in [-0.39, 0.29) is 0 Å². The molecule has 0 aliphatic heterocycles. The second-order valence-electron chi connectivity index (χ2n) is 4.68. The SMILES string of the molecule is Cc1cccc(C(CN)Cc2ccc(Br)cc2)c1. The first kappa shape index (κ1) is 13.3. The van der Waals surface area contributed by atoms with Gasteiger partial charge in [-0.1, -0.05) is 57.9 Å². The smallest absolute Gasteiger partial charge is 0.0175 e. The lowest BCUT2D eigenvalue weighted by Gasteiger charge is -2.16. The van der Waals surface area contributed by atoms with E-state index in [9.17, 15) is 0 Å². The summed E-state index contributed by atoms with van der Waals surface area (Å²) >= 11 is 3.46. The summed E-state index contributed by atoms with van der Waals surface area (Å²) in [5, 5.41) is 0. The largest absolute Gasteiger partial charge is 0.330 e. The lowest BCUT2D eigenvalue weighted by atomic mass is 9.91. The zero-order valence-electron chi connectivity index (χ0n) is 10.6. The zero-order chi connectivity index (χ0) is 13.0. The van der Waals surface area contributed by atoms with Crippen LogP contribution in [-0.4, -0.2) is 6.54 Å². The standard InChI is InChI=1S/C16H18BrN/c1-12-3-2-4-14(9-12)15(11-18)10-13-5-7-16(17)8-6-13/h2-9,15H,10-11,18H2,1H3. The van der Waals surface area contributed by atoms with E-state index < -0.39 is 0 Å². The molecule has 2 aromatic carbocycles. The molecule has 0 saturated heterocycles. The van der Waals surface area contributed by atoms with Crippen LogP contribution in [0.3, 0.4) is 0 Å². The van der Waals surface area contributed by atoms with E-state index in [0.717, 1.165) is 10.9 Å². The van der Waals surface area contributed by atoms with Gasteiger partial charge >= 0.3 is 0 Å². The molecule has 1 atom stereocenters. The summed E-state index contributed by atoms with van der Waals surface area (Å²) in [5.74, 6) is 0.395. The predicted molar refractivity (Wildman–Crippen MR) is 80.8 cm³/mol. The van der Waals surface area contributed by atoms with Gasteiger partial charge in [0.15, 0.2) is 0 Å². The molecule has 2 heteroatoms. The lowest BCUT2D eigenvalue weighted by Crippen LogP contribution is -2.15. The summed E-state index contributed by atoms with van der Waals surface area (Å²) in [7, 11) is 0. The molecule has 2 N–H and O–H groups in total. The van der Waals surface area contributed by atoms with E-state index in [2.05, 4.69) is 71.4 Å². The van der Waals surface area contributed by atoms with Gasteiger partial charge in [-0.2, -0.15) is 0 Å². The number of nitrogens with two attached hydrogens (primary N) is 1. The first-order chi connectivity index (χ1) is 8.69. The number of halogens is 1. The van der Waals surface area contributed by atoms with Crippen molar-refractivity contribution in [2.75, 3.05) is 6.54 Å². The summed E-state index contributed by atoms with van der Waals surface area (Å²) in [5.41, 5.74) is 9.88. The molecule has 0 aliphatic carbocycles. The summed E-state index contributed by atoms with van der Waals surface area (Å²) < 4.78 is 1.12. The Bertz CT molecular complexity index is 505. The highest BCUT2D eigenvalue weighted by Gasteiger charge is 2.10. The molecule has 0 amide bonds. The fourth-order valence-electron chi connectivity index (χ4n) is 2.17. The Morgan fingerprint density at radius 3 is 2.44 bits per heavy atom. The molecular weight excluding hydrogens is 286 g/mol. The Morgan fingerprint density at radius 1 is 1.11 bits per heavy atom. The van der Waals surface area contributed by atoms with Crippen LogP contribution >= 0.6 is 15.9 Å². The average molecular weight is 304 g/mol. The Labute approximate surface area is 117 Å². The summed E-state index contributed by atoms with van der Waals surface area (Å²) in [6.45, 7) is 2.80. The van der Waals surface area contributed by atoms with Gasteiger partial charge in [0.1, 0.15) is 0 Å². The van der Waals surface area contributed by atoms with E-state index in [1.165, 1.54) is 16.7 Å². The Kier molecular flexibility index (Phi) is 4.56. The minimum Gasteiger partial charge on any atom is -0.330 e. The second-order valence-corrected chi connectivity index (χ2v) is 5.59. The highest BCUT2D eigenvalue weighted by Crippen LogP contribution is 2.22. The molecular formula is C16H18BrN. The number of hydrogen-bond donors (Lipinski definition) is 1. The molecule has 0 spiro atoms. The Hall–Kier alpha value is -1.12. The van der Waals surface area contributed by atoms with Crippen LogP contribution in [0.15, 0.2) is 53.0 Å². The van der Waals surface area contributed by atoms with Crippen molar-refractivity contribution in [3.8, 4) is 0 Å². The Balaban J connectivity index is 2.17. The van der Waals surface area contributed by atoms with Gasteiger partial charge in [-0.3, -0.25) is 0 Å². The fourth-order valence-corrected chi connectivity index (χ4v) is 2.43. The van der Waals surface area contributed by atoms with Gasteiger partial charge in [-0.25, -0.2) is 0 Å². The summed E-state index contributed by atoms with van der Waals surface area (Å²) in [4.78, 5) is 0. The van der Waals surface area contributed by atoms with Crippen LogP contribution in [0.1, 0.15) is 22.6 Å². The van der Waals surface area contributed by atoms with Gasteiger partial charge in [0, 0.05) is 10.4 Å². The molecule has 0 bridgehead atoms. The molecule has 18 heavy (non-hydrogen) atoms. The minimum absolute atomic E-state index is 0.395. The third kappa shape index (κ3) is 3.44. The van der Waals surface area contributed by atoms with Crippen molar-refractivity contribution in [1.29, 1.82) is 0 Å². The maximum Gasteiger partial charge on any atom is 0.0175 e. The van der Waals surface area contributed by atoms with Crippen molar-refractivity contribution in [3.05, 3.63) is 69.7 Å². The number of aryl methyl sites for hydroxylation is 1.